The Balaban J connectivity index is 2.06. The molecule has 0 bridgehead atoms. The third kappa shape index (κ3) is 3.25. The molecule has 1 N–H and O–H groups in total. The minimum absolute atomic E-state index is 0.0418. The zero-order chi connectivity index (χ0) is 12.8. The number of hydrogen-bond donors (Lipinski definition) is 1. The van der Waals surface area contributed by atoms with E-state index in [1.54, 1.807) is 18.2 Å². The normalized spacial score (nSPS) is 11.3. The molecular weight excluding hydrogens is 250 g/mol. The molecule has 0 aliphatic rings. The van der Waals surface area contributed by atoms with Crippen LogP contribution in [0.15, 0.2) is 59.8 Å². The minimum atomic E-state index is 0.0418. The smallest absolute Gasteiger partial charge is 0.175 e. The van der Waals surface area contributed by atoms with Crippen LogP contribution in [0, 0.1) is 0 Å². The number of ether oxygens (including phenoxy) is 1. The van der Waals surface area contributed by atoms with E-state index in [1.165, 1.54) is 0 Å². The van der Waals surface area contributed by atoms with Crippen LogP contribution in [0.2, 0.25) is 0 Å². The number of oxime groups is 1. The van der Waals surface area contributed by atoms with Crippen LogP contribution in [-0.2, 0) is 6.61 Å². The molecular formula is C14H12ClNO2. The van der Waals surface area contributed by atoms with Crippen LogP contribution < -0.4 is 4.74 Å². The molecule has 2 aromatic rings. The van der Waals surface area contributed by atoms with Gasteiger partial charge in [0, 0.05) is 5.56 Å². The molecule has 0 heterocycles. The monoisotopic (exact) mass is 261 g/mol. The summed E-state index contributed by atoms with van der Waals surface area (Å²) in [5, 5.41) is 11.6. The summed E-state index contributed by atoms with van der Waals surface area (Å²) < 4.78 is 5.63. The molecule has 2 aromatic carbocycles. The molecule has 0 aliphatic heterocycles. The Labute approximate surface area is 110 Å². The van der Waals surface area contributed by atoms with E-state index in [1.807, 2.05) is 36.4 Å². The van der Waals surface area contributed by atoms with Crippen molar-refractivity contribution in [1.29, 1.82) is 0 Å². The van der Waals surface area contributed by atoms with Crippen molar-refractivity contribution in [3.05, 3.63) is 65.7 Å². The molecule has 18 heavy (non-hydrogen) atoms. The van der Waals surface area contributed by atoms with E-state index < -0.39 is 0 Å². The van der Waals surface area contributed by atoms with Crippen molar-refractivity contribution < 1.29 is 9.94 Å². The minimum Gasteiger partial charge on any atom is -0.489 e. The van der Waals surface area contributed by atoms with Crippen LogP contribution in [0.25, 0.3) is 0 Å². The average molecular weight is 262 g/mol. The number of rotatable bonds is 4. The van der Waals surface area contributed by atoms with Gasteiger partial charge in [0.05, 0.1) is 0 Å². The number of nitrogens with zero attached hydrogens (tertiary/aromatic N) is 1. The van der Waals surface area contributed by atoms with Crippen molar-refractivity contribution in [2.75, 3.05) is 0 Å². The molecule has 0 amide bonds. The average Bonchev–Trinajstić information content (AvgIpc) is 2.45. The predicted molar refractivity (Wildman–Crippen MR) is 71.4 cm³/mol. The van der Waals surface area contributed by atoms with Crippen LogP contribution in [0.4, 0.5) is 0 Å². The Bertz CT molecular complexity index is 541. The lowest BCUT2D eigenvalue weighted by Crippen LogP contribution is -1.97. The molecule has 0 fully saturated rings. The highest BCUT2D eigenvalue weighted by Gasteiger charge is 2.02. The van der Waals surface area contributed by atoms with Gasteiger partial charge in [0.25, 0.3) is 0 Å². The van der Waals surface area contributed by atoms with Gasteiger partial charge in [-0.2, -0.15) is 0 Å². The van der Waals surface area contributed by atoms with Crippen LogP contribution in [0.5, 0.6) is 5.75 Å². The van der Waals surface area contributed by atoms with Crippen LogP contribution in [0.3, 0.4) is 0 Å². The van der Waals surface area contributed by atoms with Gasteiger partial charge in [-0.25, -0.2) is 0 Å². The number of hydrogen-bond acceptors (Lipinski definition) is 3. The standard InChI is InChI=1S/C14H12ClNO2/c15-14(16-17)12-7-4-8-13(9-12)18-10-11-5-2-1-3-6-11/h1-9,17H,10H2/b16-14+. The summed E-state index contributed by atoms with van der Waals surface area (Å²) in [6.07, 6.45) is 0. The van der Waals surface area contributed by atoms with E-state index in [0.29, 0.717) is 17.9 Å². The second-order valence-electron chi connectivity index (χ2n) is 3.69. The third-order valence-electron chi connectivity index (χ3n) is 2.41. The Hall–Kier alpha value is -2.00. The Morgan fingerprint density at radius 2 is 1.89 bits per heavy atom. The number of halogens is 1. The predicted octanol–water partition coefficient (Wildman–Crippen LogP) is 3.64. The molecule has 3 nitrogen and oxygen atoms in total. The summed E-state index contributed by atoms with van der Waals surface area (Å²) in [6.45, 7) is 0.484. The molecule has 0 saturated carbocycles. The van der Waals surface area contributed by atoms with Crippen molar-refractivity contribution in [3.63, 3.8) is 0 Å². The Kier molecular flexibility index (Phi) is 4.20. The van der Waals surface area contributed by atoms with Gasteiger partial charge in [0.15, 0.2) is 5.17 Å². The lowest BCUT2D eigenvalue weighted by atomic mass is 10.2. The number of benzene rings is 2. The topological polar surface area (TPSA) is 41.8 Å². The second-order valence-corrected chi connectivity index (χ2v) is 4.05. The first kappa shape index (κ1) is 12.5. The maximum Gasteiger partial charge on any atom is 0.175 e. The largest absolute Gasteiger partial charge is 0.489 e. The highest BCUT2D eigenvalue weighted by atomic mass is 35.5. The molecule has 2 rings (SSSR count). The molecule has 0 unspecified atom stereocenters. The van der Waals surface area contributed by atoms with Crippen LogP contribution in [0.1, 0.15) is 11.1 Å². The van der Waals surface area contributed by atoms with Crippen molar-refractivity contribution in [2.24, 2.45) is 5.16 Å². The van der Waals surface area contributed by atoms with Crippen molar-refractivity contribution >= 4 is 16.8 Å². The summed E-state index contributed by atoms with van der Waals surface area (Å²) in [4.78, 5) is 0. The van der Waals surface area contributed by atoms with Gasteiger partial charge < -0.3 is 9.94 Å². The summed E-state index contributed by atoms with van der Waals surface area (Å²) in [6, 6.07) is 17.0. The lowest BCUT2D eigenvalue weighted by molar-refractivity contribution is 0.306. The molecule has 0 radical (unpaired) electrons. The summed E-state index contributed by atoms with van der Waals surface area (Å²) >= 11 is 5.72. The summed E-state index contributed by atoms with van der Waals surface area (Å²) in [5.41, 5.74) is 1.70. The van der Waals surface area contributed by atoms with Gasteiger partial charge in [0.2, 0.25) is 0 Å². The SMILES string of the molecule is O/N=C(/Cl)c1cccc(OCc2ccccc2)c1. The quantitative estimate of drug-likeness (QED) is 0.519. The van der Waals surface area contributed by atoms with E-state index in [0.717, 1.165) is 5.56 Å². The van der Waals surface area contributed by atoms with Crippen molar-refractivity contribution in [3.8, 4) is 5.75 Å². The maximum absolute atomic E-state index is 8.60. The van der Waals surface area contributed by atoms with Gasteiger partial charge in [-0.15, -0.1) is 0 Å². The van der Waals surface area contributed by atoms with Gasteiger partial charge in [-0.1, -0.05) is 59.2 Å². The first-order valence-electron chi connectivity index (χ1n) is 5.44. The first-order chi connectivity index (χ1) is 8.79. The van der Waals surface area contributed by atoms with Gasteiger partial charge in [-0.05, 0) is 17.7 Å². The highest BCUT2D eigenvalue weighted by Crippen LogP contribution is 2.16. The molecule has 4 heteroatoms. The second kappa shape index (κ2) is 6.07. The lowest BCUT2D eigenvalue weighted by Gasteiger charge is -2.07. The van der Waals surface area contributed by atoms with E-state index in [-0.39, 0.29) is 5.17 Å². The zero-order valence-corrected chi connectivity index (χ0v) is 10.3. The molecule has 0 aromatic heterocycles. The highest BCUT2D eigenvalue weighted by molar-refractivity contribution is 6.69. The van der Waals surface area contributed by atoms with E-state index >= 15 is 0 Å². The maximum atomic E-state index is 8.60. The summed E-state index contributed by atoms with van der Waals surface area (Å²) in [5.74, 6) is 0.679. The van der Waals surface area contributed by atoms with E-state index in [2.05, 4.69) is 5.16 Å². The van der Waals surface area contributed by atoms with Gasteiger partial charge >= 0.3 is 0 Å². The third-order valence-corrected chi connectivity index (χ3v) is 2.70. The van der Waals surface area contributed by atoms with Crippen LogP contribution in [-0.4, -0.2) is 10.4 Å². The molecule has 0 saturated heterocycles. The molecule has 92 valence electrons. The van der Waals surface area contributed by atoms with Crippen molar-refractivity contribution in [1.82, 2.24) is 0 Å². The Morgan fingerprint density at radius 3 is 2.61 bits per heavy atom. The molecule has 0 spiro atoms. The van der Waals surface area contributed by atoms with Crippen LogP contribution >= 0.6 is 11.6 Å². The fourth-order valence-electron chi connectivity index (χ4n) is 1.51. The Morgan fingerprint density at radius 1 is 1.11 bits per heavy atom. The van der Waals surface area contributed by atoms with E-state index in [9.17, 15) is 0 Å². The summed E-state index contributed by atoms with van der Waals surface area (Å²) in [7, 11) is 0. The fraction of sp³-hybridized carbons (Fsp3) is 0.0714. The molecule has 0 aliphatic carbocycles. The van der Waals surface area contributed by atoms with E-state index in [4.69, 9.17) is 21.5 Å². The fourth-order valence-corrected chi connectivity index (χ4v) is 1.63. The molecule has 0 atom stereocenters. The zero-order valence-electron chi connectivity index (χ0n) is 9.58. The van der Waals surface area contributed by atoms with Gasteiger partial charge in [-0.3, -0.25) is 0 Å². The first-order valence-corrected chi connectivity index (χ1v) is 5.82. The van der Waals surface area contributed by atoms with Gasteiger partial charge in [0.1, 0.15) is 12.4 Å². The van der Waals surface area contributed by atoms with Crippen molar-refractivity contribution in [2.45, 2.75) is 6.61 Å².